The zero-order chi connectivity index (χ0) is 10.7. The van der Waals surface area contributed by atoms with Crippen LogP contribution in [0.1, 0.15) is 14.2 Å². The molecule has 0 spiro atoms. The van der Waals surface area contributed by atoms with Gasteiger partial charge in [0.25, 0.3) is 5.91 Å². The third-order valence-corrected chi connectivity index (χ3v) is 2.07. The molecule has 1 heterocycles. The Bertz CT molecular complexity index is 283. The summed E-state index contributed by atoms with van der Waals surface area (Å²) in [6.45, 7) is 0.337. The van der Waals surface area contributed by atoms with E-state index in [2.05, 4.69) is 4.65 Å². The molecule has 70 valence electrons. The van der Waals surface area contributed by atoms with Gasteiger partial charge in [-0.3, -0.25) is 14.4 Å². The maximum absolute atomic E-state index is 11.2. The largest absolute Gasteiger partial charge is 0.542 e. The first-order chi connectivity index (χ1) is 6.57. The highest BCUT2D eigenvalue weighted by Gasteiger charge is 2.33. The number of likely N-dealkylation sites (tertiary alicyclic amines) is 1. The first-order valence-electron chi connectivity index (χ1n) is 4.47. The first-order valence-corrected chi connectivity index (χ1v) is 3.97. The first kappa shape index (κ1) is 8.28. The highest BCUT2D eigenvalue weighted by atomic mass is 16.5. The Kier molecular flexibility index (Phi) is 2.59. The topological polar surface area (TPSA) is 63.7 Å². The van der Waals surface area contributed by atoms with E-state index in [9.17, 15) is 14.4 Å². The zero-order valence-electron chi connectivity index (χ0n) is 8.28. The van der Waals surface area contributed by atoms with Crippen molar-refractivity contribution in [2.24, 2.45) is 0 Å². The number of amides is 1. The summed E-state index contributed by atoms with van der Waals surface area (Å²) < 4.78 is 11.1. The van der Waals surface area contributed by atoms with Crippen molar-refractivity contribution in [2.75, 3.05) is 6.54 Å². The fraction of sp³-hybridized carbons (Fsp3) is 0.571. The highest BCUT2D eigenvalue weighted by Crippen LogP contribution is 2.17. The van der Waals surface area contributed by atoms with Crippen molar-refractivity contribution >= 4 is 26.2 Å². The lowest BCUT2D eigenvalue weighted by atomic mass is 10.2. The molecule has 1 amide bonds. The Morgan fingerprint density at radius 1 is 1.69 bits per heavy atom. The predicted octanol–water partition coefficient (Wildman–Crippen LogP) is -1.73. The summed E-state index contributed by atoms with van der Waals surface area (Å²) in [4.78, 5) is 33.9. The Balaban J connectivity index is 2.73. The van der Waals surface area contributed by atoms with Gasteiger partial charge in [0, 0.05) is 6.54 Å². The number of rotatable bonds is 2. The maximum atomic E-state index is 11.2. The normalized spacial score (nSPS) is 22.3. The molecule has 0 aromatic carbocycles. The number of carbonyl (C=O) groups excluding carboxylic acids is 3. The summed E-state index contributed by atoms with van der Waals surface area (Å²) in [7, 11) is 1.23. The molecule has 1 atom stereocenters. The lowest BCUT2D eigenvalue weighted by Crippen LogP contribution is -2.41. The zero-order valence-corrected chi connectivity index (χ0v) is 7.28. The molecule has 0 aromatic heterocycles. The van der Waals surface area contributed by atoms with Gasteiger partial charge in [-0.15, -0.1) is 0 Å². The summed E-state index contributed by atoms with van der Waals surface area (Å²) in [5, 5.41) is 0. The van der Waals surface area contributed by atoms with Gasteiger partial charge in [0.15, 0.2) is 0 Å². The van der Waals surface area contributed by atoms with Crippen LogP contribution in [0, 0.1) is 0 Å². The summed E-state index contributed by atoms with van der Waals surface area (Å²) in [6, 6.07) is -0.693. The Hall–Kier alpha value is -1.33. The van der Waals surface area contributed by atoms with Crippen LogP contribution in [0.4, 0.5) is 0 Å². The third-order valence-electron chi connectivity index (χ3n) is 2.07. The molecular weight excluding hydrogens is 173 g/mol. The van der Waals surface area contributed by atoms with Gasteiger partial charge in [-0.2, -0.15) is 0 Å². The molecule has 1 aliphatic heterocycles. The molecule has 1 rings (SSSR count). The minimum Gasteiger partial charge on any atom is -0.542 e. The molecular formula is C7H10BNO4. The second kappa shape index (κ2) is 4.07. The number of nitrogens with zero attached hydrogens (tertiary/aromatic N) is 1. The fourth-order valence-corrected chi connectivity index (χ4v) is 1.45. The summed E-state index contributed by atoms with van der Waals surface area (Å²) in [5.74, 6) is -1.46. The van der Waals surface area contributed by atoms with Crippen LogP contribution in [0.15, 0.2) is 0 Å². The molecule has 6 heteroatoms. The monoisotopic (exact) mass is 184 g/mol. The van der Waals surface area contributed by atoms with Crippen LogP contribution in [0.3, 0.4) is 0 Å². The van der Waals surface area contributed by atoms with E-state index in [1.807, 2.05) is 0 Å². The van der Waals surface area contributed by atoms with E-state index < -0.39 is 24.2 Å². The van der Waals surface area contributed by atoms with E-state index in [4.69, 9.17) is 1.37 Å². The van der Waals surface area contributed by atoms with Crippen molar-refractivity contribution < 1.29 is 20.4 Å². The Morgan fingerprint density at radius 2 is 2.38 bits per heavy atom. The molecule has 0 bridgehead atoms. The van der Waals surface area contributed by atoms with Crippen molar-refractivity contribution in [2.45, 2.75) is 18.9 Å². The molecule has 0 radical (unpaired) electrons. The predicted molar refractivity (Wildman–Crippen MR) is 45.4 cm³/mol. The average Bonchev–Trinajstić information content (AvgIpc) is 2.63. The smallest absolute Gasteiger partial charge is 0.326 e. The lowest BCUT2D eigenvalue weighted by molar-refractivity contribution is -0.147. The third kappa shape index (κ3) is 1.88. The van der Waals surface area contributed by atoms with Gasteiger partial charge in [0.1, 0.15) is 7.41 Å². The van der Waals surface area contributed by atoms with Crippen LogP contribution in [0.5, 0.6) is 0 Å². The molecule has 0 aromatic rings. The van der Waals surface area contributed by atoms with Crippen molar-refractivity contribution in [3.05, 3.63) is 0 Å². The van der Waals surface area contributed by atoms with Crippen molar-refractivity contribution in [3.8, 4) is 0 Å². The number of aldehydes is 1. The molecule has 0 N–H and O–H groups in total. The maximum Gasteiger partial charge on any atom is 0.326 e. The van der Waals surface area contributed by atoms with Crippen LogP contribution in [0.2, 0.25) is 0 Å². The van der Waals surface area contributed by atoms with Crippen molar-refractivity contribution in [3.63, 3.8) is 0 Å². The standard InChI is InChI=1S/C7H10BNO4/c8-13-7(12)5-2-1-3-9(5)6(11)4-10/h4-5H,1-3,8H2/t5-/m0/s1/i4D. The second-order valence-corrected chi connectivity index (χ2v) is 2.78. The van der Waals surface area contributed by atoms with Gasteiger partial charge in [0.05, 0.1) is 0 Å². The fourth-order valence-electron chi connectivity index (χ4n) is 1.45. The molecule has 5 nitrogen and oxygen atoms in total. The lowest BCUT2D eigenvalue weighted by Gasteiger charge is -2.19. The van der Waals surface area contributed by atoms with Crippen LogP contribution in [0.25, 0.3) is 0 Å². The number of hydrogen-bond donors (Lipinski definition) is 0. The SMILES string of the molecule is [2H]C(=O)C(=O)N1CCC[C@H]1C(=O)OB. The van der Waals surface area contributed by atoms with Crippen LogP contribution < -0.4 is 0 Å². The summed E-state index contributed by atoms with van der Waals surface area (Å²) in [6.07, 6.45) is -0.148. The van der Waals surface area contributed by atoms with E-state index in [0.29, 0.717) is 19.4 Å². The van der Waals surface area contributed by atoms with Crippen LogP contribution >= 0.6 is 0 Å². The number of carbonyl (C=O) groups is 3. The highest BCUT2D eigenvalue weighted by molar-refractivity contribution is 6.24. The molecule has 0 aliphatic carbocycles. The van der Waals surface area contributed by atoms with E-state index in [0.717, 1.165) is 4.90 Å². The molecule has 0 saturated carbocycles. The van der Waals surface area contributed by atoms with E-state index in [1.54, 1.807) is 0 Å². The molecule has 1 fully saturated rings. The summed E-state index contributed by atoms with van der Waals surface area (Å²) in [5.41, 5.74) is 0. The molecule has 0 unspecified atom stereocenters. The van der Waals surface area contributed by atoms with Crippen LogP contribution in [-0.4, -0.2) is 43.7 Å². The van der Waals surface area contributed by atoms with E-state index >= 15 is 0 Å². The van der Waals surface area contributed by atoms with Crippen molar-refractivity contribution in [1.82, 2.24) is 4.90 Å². The minimum absolute atomic E-state index is 0.337. The minimum atomic E-state index is -1.29. The molecule has 13 heavy (non-hydrogen) atoms. The van der Waals surface area contributed by atoms with Gasteiger partial charge < -0.3 is 9.55 Å². The van der Waals surface area contributed by atoms with E-state index in [-0.39, 0.29) is 0 Å². The molecule has 1 aliphatic rings. The Morgan fingerprint density at radius 3 is 2.92 bits per heavy atom. The van der Waals surface area contributed by atoms with Gasteiger partial charge in [-0.1, -0.05) is 0 Å². The number of hydrogen-bond acceptors (Lipinski definition) is 4. The second-order valence-electron chi connectivity index (χ2n) is 2.78. The summed E-state index contributed by atoms with van der Waals surface area (Å²) >= 11 is 0. The van der Waals surface area contributed by atoms with E-state index in [1.165, 1.54) is 8.05 Å². The molecule has 1 saturated heterocycles. The van der Waals surface area contributed by atoms with Gasteiger partial charge in [-0.05, 0) is 12.8 Å². The quantitative estimate of drug-likeness (QED) is 0.290. The average molecular weight is 184 g/mol. The van der Waals surface area contributed by atoms with Crippen LogP contribution in [-0.2, 0) is 19.0 Å². The van der Waals surface area contributed by atoms with Crippen molar-refractivity contribution in [1.29, 1.82) is 0 Å². The van der Waals surface area contributed by atoms with Gasteiger partial charge in [0.2, 0.25) is 6.26 Å². The van der Waals surface area contributed by atoms with Gasteiger partial charge >= 0.3 is 14.0 Å². The Labute approximate surface area is 77.9 Å². The van der Waals surface area contributed by atoms with Gasteiger partial charge in [-0.25, -0.2) is 0 Å².